The van der Waals surface area contributed by atoms with E-state index >= 15 is 0 Å². The molecule has 0 amide bonds. The van der Waals surface area contributed by atoms with Crippen LogP contribution < -0.4 is 177 Å². The second-order valence-corrected chi connectivity index (χ2v) is 0. The zero-order valence-electron chi connectivity index (χ0n) is 6.00. The van der Waals surface area contributed by atoms with E-state index in [0.717, 1.165) is 0 Å². The van der Waals surface area contributed by atoms with E-state index < -0.39 is 0 Å². The quantitative estimate of drug-likeness (QED) is 0.291. The summed E-state index contributed by atoms with van der Waals surface area (Å²) in [7, 11) is 0. The first kappa shape index (κ1) is 40.3. The van der Waals surface area contributed by atoms with E-state index in [9.17, 15) is 0 Å². The van der Waals surface area contributed by atoms with E-state index in [2.05, 4.69) is 0 Å². The molecule has 0 heterocycles. The Morgan fingerprint density at radius 3 is 0.167 bits per heavy atom. The fraction of sp³-hybridized carbons (Fsp3) is 0. The third-order valence-corrected chi connectivity index (χ3v) is 0. The molecule has 0 unspecified atom stereocenters. The van der Waals surface area contributed by atoms with Crippen molar-refractivity contribution in [1.82, 2.24) is 0 Å². The Hall–Kier alpha value is 6.00. The van der Waals surface area contributed by atoms with Crippen molar-refractivity contribution in [2.75, 3.05) is 0 Å². The molecular weight excluding hydrogens is 138 g/mol. The Bertz CT molecular complexity index is 0. The van der Waals surface area contributed by atoms with Crippen LogP contribution in [0.3, 0.4) is 0 Å². The molecule has 0 saturated carbocycles. The van der Waals surface area contributed by atoms with Gasteiger partial charge in [-0.1, -0.05) is 0 Å². The Balaban J connectivity index is 0. The molecule has 0 radical (unpaired) electrons. The van der Waals surface area contributed by atoms with Crippen molar-refractivity contribution >= 4 is 0 Å². The molecule has 0 aliphatic rings. The Morgan fingerprint density at radius 1 is 0.167 bits per heavy atom. The molecule has 0 aliphatic heterocycles. The van der Waals surface area contributed by atoms with Gasteiger partial charge in [0.25, 0.3) is 0 Å². The van der Waals surface area contributed by atoms with Crippen LogP contribution in [0.1, 0.15) is 0 Å². The van der Waals surface area contributed by atoms with Gasteiger partial charge in [-0.2, -0.15) is 0 Å². The predicted molar refractivity (Wildman–Crippen MR) is 0 cm³/mol. The Kier molecular flexibility index (Phi) is 205. The first-order chi connectivity index (χ1) is 0. The molecule has 0 fully saturated rings. The van der Waals surface area contributed by atoms with E-state index in [-0.39, 0.29) is 177 Å². The van der Waals surface area contributed by atoms with Crippen LogP contribution in [0.4, 0.5) is 0 Å². The SMILES string of the molecule is [Na+].[Na+].[Na+].[Na+].[Na+].[Na+]. The zero-order chi connectivity index (χ0) is 0. The van der Waals surface area contributed by atoms with Crippen molar-refractivity contribution in [3.63, 3.8) is 0 Å². The molecule has 0 valence electrons. The summed E-state index contributed by atoms with van der Waals surface area (Å²) < 4.78 is 0. The van der Waals surface area contributed by atoms with Crippen molar-refractivity contribution in [1.29, 1.82) is 0 Å². The zero-order valence-corrected chi connectivity index (χ0v) is 18.0. The van der Waals surface area contributed by atoms with E-state index in [0.29, 0.717) is 0 Å². The monoisotopic (exact) mass is 138 g/mol. The molecule has 0 atom stereocenters. The molecule has 6 heteroatoms. The summed E-state index contributed by atoms with van der Waals surface area (Å²) in [5.74, 6) is 0. The normalized spacial score (nSPS) is 0. The minimum absolute atomic E-state index is 0. The van der Waals surface area contributed by atoms with E-state index in [1.165, 1.54) is 0 Å². The summed E-state index contributed by atoms with van der Waals surface area (Å²) in [6.07, 6.45) is 0. The summed E-state index contributed by atoms with van der Waals surface area (Å²) in [4.78, 5) is 0. The van der Waals surface area contributed by atoms with Crippen molar-refractivity contribution < 1.29 is 177 Å². The van der Waals surface area contributed by atoms with E-state index in [4.69, 9.17) is 0 Å². The standard InChI is InChI=1S/6Na/q6*+1. The molecular formula is Na6+6. The molecule has 0 nitrogen and oxygen atoms in total. The van der Waals surface area contributed by atoms with Crippen LogP contribution >= 0.6 is 0 Å². The fourth-order valence-electron chi connectivity index (χ4n) is 0. The largest absolute Gasteiger partial charge is 1.00 e. The summed E-state index contributed by atoms with van der Waals surface area (Å²) in [5.41, 5.74) is 0. The Morgan fingerprint density at radius 2 is 0.167 bits per heavy atom. The summed E-state index contributed by atoms with van der Waals surface area (Å²) in [5, 5.41) is 0. The third kappa shape index (κ3) is 22.5. The van der Waals surface area contributed by atoms with Crippen LogP contribution in [0, 0.1) is 0 Å². The third-order valence-electron chi connectivity index (χ3n) is 0. The number of hydrogen-bond acceptors (Lipinski definition) is 0. The topological polar surface area (TPSA) is 0 Å². The van der Waals surface area contributed by atoms with E-state index in [1.807, 2.05) is 0 Å². The van der Waals surface area contributed by atoms with Gasteiger partial charge >= 0.3 is 177 Å². The van der Waals surface area contributed by atoms with Gasteiger partial charge < -0.3 is 0 Å². The Labute approximate surface area is 172 Å². The van der Waals surface area contributed by atoms with Crippen molar-refractivity contribution in [3.05, 3.63) is 0 Å². The van der Waals surface area contributed by atoms with Gasteiger partial charge in [-0.15, -0.1) is 0 Å². The van der Waals surface area contributed by atoms with E-state index in [1.54, 1.807) is 0 Å². The average molecular weight is 138 g/mol. The van der Waals surface area contributed by atoms with Gasteiger partial charge in [0, 0.05) is 0 Å². The van der Waals surface area contributed by atoms with Gasteiger partial charge in [0.1, 0.15) is 0 Å². The smallest absolute Gasteiger partial charge is 1.00 e. The second kappa shape index (κ2) is 30.6. The first-order valence-electron chi connectivity index (χ1n) is 0. The molecule has 0 saturated heterocycles. The molecule has 6 heavy (non-hydrogen) atoms. The van der Waals surface area contributed by atoms with Gasteiger partial charge in [0.15, 0.2) is 0 Å². The predicted octanol–water partition coefficient (Wildman–Crippen LogP) is -18.0. The molecule has 0 aliphatic carbocycles. The van der Waals surface area contributed by atoms with Crippen LogP contribution in [-0.4, -0.2) is 0 Å². The summed E-state index contributed by atoms with van der Waals surface area (Å²) in [6, 6.07) is 0. The number of hydrogen-bond donors (Lipinski definition) is 0. The van der Waals surface area contributed by atoms with Crippen LogP contribution in [0.25, 0.3) is 0 Å². The maximum Gasteiger partial charge on any atom is 1.00 e. The molecule has 0 bridgehead atoms. The average Bonchev–Trinajstić information content (AvgIpc) is 0. The van der Waals surface area contributed by atoms with Gasteiger partial charge in [0.05, 0.1) is 0 Å². The second-order valence-electron chi connectivity index (χ2n) is 0. The van der Waals surface area contributed by atoms with Crippen LogP contribution in [-0.2, 0) is 0 Å². The summed E-state index contributed by atoms with van der Waals surface area (Å²) in [6.45, 7) is 0. The molecule has 0 rings (SSSR count). The van der Waals surface area contributed by atoms with Gasteiger partial charge in [-0.05, 0) is 0 Å². The van der Waals surface area contributed by atoms with Crippen LogP contribution in [0.5, 0.6) is 0 Å². The molecule has 0 aromatic carbocycles. The minimum atomic E-state index is 0. The van der Waals surface area contributed by atoms with Gasteiger partial charge in [-0.25, -0.2) is 0 Å². The first-order valence-corrected chi connectivity index (χ1v) is 0. The molecule has 0 aromatic rings. The van der Waals surface area contributed by atoms with Crippen molar-refractivity contribution in [2.45, 2.75) is 0 Å². The molecule has 0 aromatic heterocycles. The van der Waals surface area contributed by atoms with Crippen molar-refractivity contribution in [2.24, 2.45) is 0 Å². The van der Waals surface area contributed by atoms with Crippen molar-refractivity contribution in [3.8, 4) is 0 Å². The van der Waals surface area contributed by atoms with Gasteiger partial charge in [-0.3, -0.25) is 0 Å². The molecule has 0 spiro atoms. The summed E-state index contributed by atoms with van der Waals surface area (Å²) >= 11 is 0. The fourth-order valence-corrected chi connectivity index (χ4v) is 0. The number of rotatable bonds is 0. The van der Waals surface area contributed by atoms with Crippen LogP contribution in [0.15, 0.2) is 0 Å². The van der Waals surface area contributed by atoms with Gasteiger partial charge in [0.2, 0.25) is 0 Å². The molecule has 0 N–H and O–H groups in total. The maximum atomic E-state index is 0. The maximum absolute atomic E-state index is 0. The minimum Gasteiger partial charge on any atom is 1.00 e. The van der Waals surface area contributed by atoms with Crippen LogP contribution in [0.2, 0.25) is 0 Å².